The maximum Gasteiger partial charge on any atom is 0.227 e. The first-order valence-electron chi connectivity index (χ1n) is 9.44. The van der Waals surface area contributed by atoms with Crippen molar-refractivity contribution in [2.24, 2.45) is 11.8 Å². The molecule has 26 heavy (non-hydrogen) atoms. The van der Waals surface area contributed by atoms with Gasteiger partial charge in [0.2, 0.25) is 11.8 Å². The first kappa shape index (κ1) is 20.2. The van der Waals surface area contributed by atoms with E-state index in [0.717, 1.165) is 43.5 Å². The minimum absolute atomic E-state index is 0.0204. The van der Waals surface area contributed by atoms with Gasteiger partial charge in [-0.15, -0.1) is 0 Å². The monoisotopic (exact) mass is 362 g/mol. The number of carbonyl (C=O) groups is 2. The Labute approximate surface area is 155 Å². The molecule has 1 fully saturated rings. The van der Waals surface area contributed by atoms with Crippen LogP contribution in [0, 0.1) is 11.8 Å². The molecule has 6 heteroatoms. The number of ether oxygens (including phenoxy) is 2. The van der Waals surface area contributed by atoms with Crippen molar-refractivity contribution in [1.29, 1.82) is 0 Å². The second-order valence-electron chi connectivity index (χ2n) is 6.63. The summed E-state index contributed by atoms with van der Waals surface area (Å²) < 4.78 is 10.4. The van der Waals surface area contributed by atoms with Gasteiger partial charge in [-0.1, -0.05) is 0 Å². The van der Waals surface area contributed by atoms with Crippen molar-refractivity contribution in [3.8, 4) is 5.75 Å². The molecular weight excluding hydrogens is 332 g/mol. The number of hydrogen-bond acceptors (Lipinski definition) is 4. The van der Waals surface area contributed by atoms with Crippen molar-refractivity contribution in [2.45, 2.75) is 39.0 Å². The Balaban J connectivity index is 1.72. The standard InChI is InChI=1S/C20H30N2O4/c1-3-26-18-11-9-17(10-12-18)22-20(24)16-7-5-15(6-8-16)19(23)21-13-4-14-25-2/h9-12,15-16H,3-8,13-14H2,1-2H3,(H,21,23)(H,22,24). The molecule has 2 amide bonds. The van der Waals surface area contributed by atoms with Gasteiger partial charge in [0.05, 0.1) is 6.61 Å². The van der Waals surface area contributed by atoms with E-state index in [1.165, 1.54) is 0 Å². The zero-order valence-corrected chi connectivity index (χ0v) is 15.8. The lowest BCUT2D eigenvalue weighted by Gasteiger charge is -2.27. The molecule has 1 saturated carbocycles. The molecule has 0 atom stereocenters. The average Bonchev–Trinajstić information content (AvgIpc) is 2.67. The SMILES string of the molecule is CCOc1ccc(NC(=O)C2CCC(C(=O)NCCCOC)CC2)cc1. The van der Waals surface area contributed by atoms with E-state index < -0.39 is 0 Å². The van der Waals surface area contributed by atoms with Crippen LogP contribution in [0.3, 0.4) is 0 Å². The van der Waals surface area contributed by atoms with Crippen LogP contribution in [0.15, 0.2) is 24.3 Å². The summed E-state index contributed by atoms with van der Waals surface area (Å²) in [6, 6.07) is 7.40. The molecule has 144 valence electrons. The molecule has 0 bridgehead atoms. The van der Waals surface area contributed by atoms with Gasteiger partial charge in [0.25, 0.3) is 0 Å². The molecule has 0 spiro atoms. The third kappa shape index (κ3) is 6.33. The summed E-state index contributed by atoms with van der Waals surface area (Å²) in [6.45, 7) is 3.85. The third-order valence-corrected chi connectivity index (χ3v) is 4.73. The minimum Gasteiger partial charge on any atom is -0.494 e. The zero-order chi connectivity index (χ0) is 18.8. The van der Waals surface area contributed by atoms with Crippen LogP contribution in [0.1, 0.15) is 39.0 Å². The Kier molecular flexibility index (Phi) is 8.41. The highest BCUT2D eigenvalue weighted by Gasteiger charge is 2.29. The fourth-order valence-electron chi connectivity index (χ4n) is 3.24. The van der Waals surface area contributed by atoms with Gasteiger partial charge < -0.3 is 20.1 Å². The number of rotatable bonds is 9. The van der Waals surface area contributed by atoms with Gasteiger partial charge in [-0.2, -0.15) is 0 Å². The molecule has 2 rings (SSSR count). The number of nitrogens with one attached hydrogen (secondary N) is 2. The quantitative estimate of drug-likeness (QED) is 0.662. The molecule has 1 aliphatic carbocycles. The highest BCUT2D eigenvalue weighted by molar-refractivity contribution is 5.92. The normalized spacial score (nSPS) is 19.6. The Hall–Kier alpha value is -2.08. The van der Waals surface area contributed by atoms with E-state index in [4.69, 9.17) is 9.47 Å². The van der Waals surface area contributed by atoms with E-state index in [1.807, 2.05) is 31.2 Å². The van der Waals surface area contributed by atoms with Crippen LogP contribution in [0.25, 0.3) is 0 Å². The molecule has 0 aliphatic heterocycles. The maximum atomic E-state index is 12.4. The summed E-state index contributed by atoms with van der Waals surface area (Å²) >= 11 is 0. The average molecular weight is 362 g/mol. The smallest absolute Gasteiger partial charge is 0.227 e. The number of amides is 2. The number of benzene rings is 1. The molecule has 6 nitrogen and oxygen atoms in total. The van der Waals surface area contributed by atoms with Gasteiger partial charge in [-0.05, 0) is 63.3 Å². The summed E-state index contributed by atoms with van der Waals surface area (Å²) in [6.07, 6.45) is 3.84. The van der Waals surface area contributed by atoms with Crippen LogP contribution in [0.5, 0.6) is 5.75 Å². The van der Waals surface area contributed by atoms with Crippen molar-refractivity contribution < 1.29 is 19.1 Å². The van der Waals surface area contributed by atoms with Gasteiger partial charge in [-0.3, -0.25) is 9.59 Å². The number of carbonyl (C=O) groups excluding carboxylic acids is 2. The molecule has 0 saturated heterocycles. The predicted octanol–water partition coefficient (Wildman–Crippen LogP) is 2.98. The van der Waals surface area contributed by atoms with Gasteiger partial charge in [0, 0.05) is 37.8 Å². The first-order valence-corrected chi connectivity index (χ1v) is 9.44. The van der Waals surface area contributed by atoms with E-state index in [1.54, 1.807) is 7.11 Å². The Morgan fingerprint density at radius 3 is 2.23 bits per heavy atom. The lowest BCUT2D eigenvalue weighted by atomic mass is 9.81. The Morgan fingerprint density at radius 1 is 1.04 bits per heavy atom. The van der Waals surface area contributed by atoms with Crippen LogP contribution in [-0.4, -0.2) is 38.7 Å². The highest BCUT2D eigenvalue weighted by Crippen LogP contribution is 2.30. The van der Waals surface area contributed by atoms with Crippen molar-refractivity contribution in [1.82, 2.24) is 5.32 Å². The maximum absolute atomic E-state index is 12.4. The Bertz CT molecular complexity index is 566. The van der Waals surface area contributed by atoms with E-state index >= 15 is 0 Å². The van der Waals surface area contributed by atoms with Crippen LogP contribution in [0.4, 0.5) is 5.69 Å². The molecule has 0 unspecified atom stereocenters. The summed E-state index contributed by atoms with van der Waals surface area (Å²) in [5, 5.41) is 5.92. The van der Waals surface area contributed by atoms with Crippen molar-refractivity contribution in [3.63, 3.8) is 0 Å². The topological polar surface area (TPSA) is 76.7 Å². The summed E-state index contributed by atoms with van der Waals surface area (Å²) in [7, 11) is 1.65. The molecule has 0 heterocycles. The number of hydrogen-bond donors (Lipinski definition) is 2. The summed E-state index contributed by atoms with van der Waals surface area (Å²) in [5.41, 5.74) is 0.775. The van der Waals surface area contributed by atoms with Gasteiger partial charge in [0.15, 0.2) is 0 Å². The number of anilines is 1. The molecule has 2 N–H and O–H groups in total. The molecule has 0 radical (unpaired) electrons. The van der Waals surface area contributed by atoms with Crippen molar-refractivity contribution >= 4 is 17.5 Å². The lowest BCUT2D eigenvalue weighted by molar-refractivity contribution is -0.128. The highest BCUT2D eigenvalue weighted by atomic mass is 16.5. The zero-order valence-electron chi connectivity index (χ0n) is 15.8. The van der Waals surface area contributed by atoms with Crippen LogP contribution < -0.4 is 15.4 Å². The fraction of sp³-hybridized carbons (Fsp3) is 0.600. The van der Waals surface area contributed by atoms with Gasteiger partial charge in [0.1, 0.15) is 5.75 Å². The third-order valence-electron chi connectivity index (χ3n) is 4.73. The largest absolute Gasteiger partial charge is 0.494 e. The summed E-state index contributed by atoms with van der Waals surface area (Å²) in [5.74, 6) is 0.924. The van der Waals surface area contributed by atoms with Crippen LogP contribution >= 0.6 is 0 Å². The van der Waals surface area contributed by atoms with E-state index in [0.29, 0.717) is 19.8 Å². The number of methoxy groups -OCH3 is 1. The molecule has 1 aromatic carbocycles. The molecule has 1 aromatic rings. The van der Waals surface area contributed by atoms with E-state index in [9.17, 15) is 9.59 Å². The van der Waals surface area contributed by atoms with Gasteiger partial charge >= 0.3 is 0 Å². The van der Waals surface area contributed by atoms with Crippen LogP contribution in [0.2, 0.25) is 0 Å². The second-order valence-corrected chi connectivity index (χ2v) is 6.63. The fourth-order valence-corrected chi connectivity index (χ4v) is 3.24. The molecular formula is C20H30N2O4. The van der Waals surface area contributed by atoms with Crippen LogP contribution in [-0.2, 0) is 14.3 Å². The predicted molar refractivity (Wildman–Crippen MR) is 101 cm³/mol. The Morgan fingerprint density at radius 2 is 1.65 bits per heavy atom. The molecule has 0 aromatic heterocycles. The van der Waals surface area contributed by atoms with Crippen molar-refractivity contribution in [3.05, 3.63) is 24.3 Å². The van der Waals surface area contributed by atoms with Crippen molar-refractivity contribution in [2.75, 3.05) is 32.2 Å². The minimum atomic E-state index is -0.0286. The van der Waals surface area contributed by atoms with E-state index in [-0.39, 0.29) is 23.7 Å². The second kappa shape index (κ2) is 10.8. The lowest BCUT2D eigenvalue weighted by Crippen LogP contribution is -2.36. The summed E-state index contributed by atoms with van der Waals surface area (Å²) in [4.78, 5) is 24.6. The van der Waals surface area contributed by atoms with Gasteiger partial charge in [-0.25, -0.2) is 0 Å². The van der Waals surface area contributed by atoms with E-state index in [2.05, 4.69) is 10.6 Å². The first-order chi connectivity index (χ1) is 12.6. The molecule has 1 aliphatic rings.